The van der Waals surface area contributed by atoms with Crippen LogP contribution in [0.25, 0.3) is 108 Å². The van der Waals surface area contributed by atoms with Gasteiger partial charge in [0.05, 0.1) is 48.7 Å². The second-order valence-electron chi connectivity index (χ2n) is 30.1. The summed E-state index contributed by atoms with van der Waals surface area (Å²) in [6.07, 6.45) is 34.3. The van der Waals surface area contributed by atoms with E-state index in [2.05, 4.69) is 128 Å². The molecule has 532 valence electrons. The van der Waals surface area contributed by atoms with E-state index in [1.54, 1.807) is 0 Å². The molecule has 4 atom stereocenters. The van der Waals surface area contributed by atoms with Crippen LogP contribution in [0.5, 0.6) is 0 Å². The van der Waals surface area contributed by atoms with Gasteiger partial charge >= 0.3 is 23.9 Å². The molecular weight excluding hydrogens is 1230 g/mol. The van der Waals surface area contributed by atoms with Gasteiger partial charge in [0.15, 0.2) is 0 Å². The Morgan fingerprint density at radius 2 is 0.500 bits per heavy atom. The first-order chi connectivity index (χ1) is 49.0. The first kappa shape index (κ1) is 73.9. The molecule has 0 saturated carbocycles. The fourth-order valence-electron chi connectivity index (χ4n) is 17.1. The number of rotatable bonds is 44. The summed E-state index contributed by atoms with van der Waals surface area (Å²) in [7, 11) is 0. The summed E-state index contributed by atoms with van der Waals surface area (Å²) < 4.78 is 27.2. The van der Waals surface area contributed by atoms with Crippen LogP contribution in [0, 0.1) is 23.7 Å². The first-order valence-corrected chi connectivity index (χ1v) is 40.1. The Balaban J connectivity index is 1.27. The minimum absolute atomic E-state index is 0.187. The molecule has 11 aromatic rings. The fraction of sp³-hybridized carbons (Fsp3) is 0.522. The molecule has 0 saturated heterocycles. The van der Waals surface area contributed by atoms with E-state index in [0.29, 0.717) is 33.0 Å². The van der Waals surface area contributed by atoms with Crippen LogP contribution in [0.1, 0.15) is 302 Å². The van der Waals surface area contributed by atoms with E-state index in [4.69, 9.17) is 18.9 Å². The Kier molecular flexibility index (Phi) is 26.6. The highest BCUT2D eigenvalue weighted by Crippen LogP contribution is 2.57. The number of hydrogen-bond donors (Lipinski definition) is 0. The summed E-state index contributed by atoms with van der Waals surface area (Å²) in [6, 6.07) is 33.7. The van der Waals surface area contributed by atoms with Gasteiger partial charge in [0.1, 0.15) is 0 Å². The average molecular weight is 1350 g/mol. The quantitative estimate of drug-likeness (QED) is 0.0122. The van der Waals surface area contributed by atoms with E-state index in [1.807, 2.05) is 24.3 Å². The first-order valence-electron chi connectivity index (χ1n) is 40.1. The molecule has 0 aromatic heterocycles. The van der Waals surface area contributed by atoms with Crippen molar-refractivity contribution in [2.75, 3.05) is 26.4 Å². The number of ether oxygens (including phenoxy) is 4. The number of hydrogen-bond acceptors (Lipinski definition) is 8. The Hall–Kier alpha value is -7.32. The molecule has 0 radical (unpaired) electrons. The smallest absolute Gasteiger partial charge is 0.338 e. The van der Waals surface area contributed by atoms with Gasteiger partial charge in [0.2, 0.25) is 0 Å². The van der Waals surface area contributed by atoms with Crippen LogP contribution < -0.4 is 0 Å². The van der Waals surface area contributed by atoms with Gasteiger partial charge in [-0.1, -0.05) is 282 Å². The molecule has 0 N–H and O–H groups in total. The summed E-state index contributed by atoms with van der Waals surface area (Å²) in [5.74, 6) is -1.10. The zero-order valence-electron chi connectivity index (χ0n) is 62.3. The highest BCUT2D eigenvalue weighted by molar-refractivity contribution is 6.54. The Morgan fingerprint density at radius 1 is 0.240 bits per heavy atom. The monoisotopic (exact) mass is 1350 g/mol. The zero-order valence-corrected chi connectivity index (χ0v) is 62.3. The van der Waals surface area contributed by atoms with Crippen molar-refractivity contribution in [2.45, 2.75) is 261 Å². The van der Waals surface area contributed by atoms with E-state index < -0.39 is 23.9 Å². The molecule has 11 aromatic carbocycles. The highest BCUT2D eigenvalue weighted by Gasteiger charge is 2.35. The number of carbonyl (C=O) groups is 4. The van der Waals surface area contributed by atoms with Gasteiger partial charge in [-0.2, -0.15) is 0 Å². The standard InChI is InChI=1S/C92H116O8/c1-9-17-25-29-41-61(37-21-13-5)57-97-89(93)75-53-71-69-51-49-65-45-33-35-47-67(65)79(69)74-56-78(92(96)100-60-64(40-24-16-8)44-32-28-20-12-4)82-76(90(94)98-58-62(38-22-14-6)42-30-26-18-10-2)54-72-70-52-50-66-46-34-36-48-68(66)80(70)73-55-77(81(75)87-83(71)86(74)88(82)84(72)85(73)87)91(95)99-59-63(39-23-15-7)43-31-27-19-11-3/h33-36,45-56,61-64H,9-32,37-44,57-60H2,1-8H3. The maximum atomic E-state index is 16.2. The predicted octanol–water partition coefficient (Wildman–Crippen LogP) is 27.3. The zero-order chi connectivity index (χ0) is 70.1. The predicted molar refractivity (Wildman–Crippen MR) is 423 cm³/mol. The van der Waals surface area contributed by atoms with Gasteiger partial charge in [-0.15, -0.1) is 0 Å². The second-order valence-corrected chi connectivity index (χ2v) is 30.1. The second kappa shape index (κ2) is 36.0. The number of unbranched alkanes of at least 4 members (excludes halogenated alkanes) is 16. The van der Waals surface area contributed by atoms with Crippen LogP contribution in [-0.2, 0) is 18.9 Å². The van der Waals surface area contributed by atoms with Gasteiger partial charge in [0.25, 0.3) is 0 Å². The molecule has 4 unspecified atom stereocenters. The number of benzene rings is 11. The lowest BCUT2D eigenvalue weighted by molar-refractivity contribution is 0.0409. The van der Waals surface area contributed by atoms with Crippen molar-refractivity contribution < 1.29 is 38.1 Å². The summed E-state index contributed by atoms with van der Waals surface area (Å²) in [6.45, 7) is 19.0. The van der Waals surface area contributed by atoms with E-state index in [0.717, 1.165) is 277 Å². The van der Waals surface area contributed by atoms with E-state index in [9.17, 15) is 0 Å². The molecule has 8 heteroatoms. The molecule has 0 spiro atoms. The van der Waals surface area contributed by atoms with Crippen molar-refractivity contribution in [2.24, 2.45) is 23.7 Å². The summed E-state index contributed by atoms with van der Waals surface area (Å²) >= 11 is 0. The Morgan fingerprint density at radius 3 is 0.790 bits per heavy atom. The van der Waals surface area contributed by atoms with E-state index in [-0.39, 0.29) is 50.1 Å². The third-order valence-electron chi connectivity index (χ3n) is 22.7. The van der Waals surface area contributed by atoms with Crippen LogP contribution in [0.2, 0.25) is 0 Å². The molecule has 0 aliphatic heterocycles. The molecule has 0 aliphatic rings. The van der Waals surface area contributed by atoms with Crippen molar-refractivity contribution in [3.63, 3.8) is 0 Å². The highest BCUT2D eigenvalue weighted by atomic mass is 16.5. The SMILES string of the molecule is CCCCCCC(CCCC)COC(=O)c1cc2c3ccc4ccccc4c3c3cc(C(=O)OCC(CCCC)CCCCCC)c4c(C(=O)OCC(CCCC)CCCCCC)cc5c6ccc7ccccc7c6c6cc(C(=O)OCC(CCCC)CCCCCC)c1c1c2c3c4c5c61. The van der Waals surface area contributed by atoms with Crippen molar-refractivity contribution in [1.29, 1.82) is 0 Å². The lowest BCUT2D eigenvalue weighted by atomic mass is 9.75. The van der Waals surface area contributed by atoms with Crippen molar-refractivity contribution in [3.05, 3.63) is 119 Å². The lowest BCUT2D eigenvalue weighted by Crippen LogP contribution is -2.18. The fourth-order valence-corrected chi connectivity index (χ4v) is 17.1. The number of fused-ring (bicyclic) bond motifs is 10. The third-order valence-corrected chi connectivity index (χ3v) is 22.7. The molecule has 8 nitrogen and oxygen atoms in total. The summed E-state index contributed by atoms with van der Waals surface area (Å²) in [5.41, 5.74) is 1.33. The number of esters is 4. The van der Waals surface area contributed by atoms with Gasteiger partial charge in [-0.05, 0) is 185 Å². The number of carbonyl (C=O) groups excluding carboxylic acids is 4. The summed E-state index contributed by atoms with van der Waals surface area (Å²) in [4.78, 5) is 64.6. The Labute approximate surface area is 596 Å². The van der Waals surface area contributed by atoms with Crippen LogP contribution in [0.4, 0.5) is 0 Å². The Bertz CT molecular complexity index is 4230. The van der Waals surface area contributed by atoms with E-state index >= 15 is 19.2 Å². The molecule has 0 amide bonds. The molecule has 0 aliphatic carbocycles. The van der Waals surface area contributed by atoms with Gasteiger partial charge in [0, 0.05) is 21.5 Å². The molecular formula is C92H116O8. The molecule has 0 bridgehead atoms. The van der Waals surface area contributed by atoms with Crippen molar-refractivity contribution >= 4 is 132 Å². The lowest BCUT2D eigenvalue weighted by Gasteiger charge is -2.28. The average Bonchev–Trinajstić information content (AvgIpc) is 0.658. The molecule has 0 fully saturated rings. The van der Waals surface area contributed by atoms with E-state index in [1.165, 1.54) is 25.7 Å². The van der Waals surface area contributed by atoms with Gasteiger partial charge in [-0.25, -0.2) is 19.2 Å². The topological polar surface area (TPSA) is 105 Å². The molecule has 11 rings (SSSR count). The summed E-state index contributed by atoms with van der Waals surface area (Å²) in [5, 5.41) is 17.1. The van der Waals surface area contributed by atoms with Crippen LogP contribution in [0.3, 0.4) is 0 Å². The van der Waals surface area contributed by atoms with Crippen molar-refractivity contribution in [1.82, 2.24) is 0 Å². The molecule has 100 heavy (non-hydrogen) atoms. The van der Waals surface area contributed by atoms with Gasteiger partial charge < -0.3 is 18.9 Å². The van der Waals surface area contributed by atoms with Crippen molar-refractivity contribution in [3.8, 4) is 0 Å². The maximum absolute atomic E-state index is 16.2. The normalized spacial score (nSPS) is 13.4. The van der Waals surface area contributed by atoms with Crippen LogP contribution in [0.15, 0.2) is 97.1 Å². The van der Waals surface area contributed by atoms with Crippen LogP contribution >= 0.6 is 0 Å². The molecule has 0 heterocycles. The minimum atomic E-state index is -0.462. The largest absolute Gasteiger partial charge is 0.462 e. The maximum Gasteiger partial charge on any atom is 0.338 e. The third kappa shape index (κ3) is 16.1. The van der Waals surface area contributed by atoms with Gasteiger partial charge in [-0.3, -0.25) is 0 Å². The van der Waals surface area contributed by atoms with Crippen LogP contribution in [-0.4, -0.2) is 50.3 Å². The minimum Gasteiger partial charge on any atom is -0.462 e.